The summed E-state index contributed by atoms with van der Waals surface area (Å²) in [5.41, 5.74) is 1.12. The minimum absolute atomic E-state index is 0.0752. The van der Waals surface area contributed by atoms with Gasteiger partial charge in [0.05, 0.1) is 17.2 Å². The predicted molar refractivity (Wildman–Crippen MR) is 66.4 cm³/mol. The van der Waals surface area contributed by atoms with E-state index >= 15 is 0 Å². The highest BCUT2D eigenvalue weighted by atomic mass is 79.9. The molecule has 0 spiro atoms. The van der Waals surface area contributed by atoms with Gasteiger partial charge in [-0.3, -0.25) is 9.59 Å². The number of hydrogen-bond donors (Lipinski definition) is 1. The molecule has 0 radical (unpaired) electrons. The van der Waals surface area contributed by atoms with Crippen molar-refractivity contribution in [1.82, 2.24) is 9.97 Å². The summed E-state index contributed by atoms with van der Waals surface area (Å²) in [5.74, 6) is 0.453. The van der Waals surface area contributed by atoms with Gasteiger partial charge in [-0.2, -0.15) is 0 Å². The third-order valence-corrected chi connectivity index (χ3v) is 2.96. The number of halogens is 1. The number of amides is 1. The molecule has 1 aromatic heterocycles. The molecule has 90 valence electrons. The molecule has 0 atom stereocenters. The Balaban J connectivity index is 2.34. The maximum absolute atomic E-state index is 11.7. The first-order valence-corrected chi connectivity index (χ1v) is 6.47. The summed E-state index contributed by atoms with van der Waals surface area (Å²) in [6.45, 7) is 1.41. The van der Waals surface area contributed by atoms with Crippen LogP contribution in [0.25, 0.3) is 0 Å². The van der Waals surface area contributed by atoms with E-state index in [1.165, 1.54) is 13.1 Å². The van der Waals surface area contributed by atoms with Gasteiger partial charge in [0.1, 0.15) is 5.69 Å². The van der Waals surface area contributed by atoms with Crippen molar-refractivity contribution in [3.63, 3.8) is 0 Å². The van der Waals surface area contributed by atoms with Gasteiger partial charge >= 0.3 is 0 Å². The Morgan fingerprint density at radius 2 is 2.24 bits per heavy atom. The number of nitrogens with one attached hydrogen (secondary N) is 1. The molecular formula is C11H12BrN3O2. The molecule has 1 aromatic rings. The number of ketones is 1. The highest BCUT2D eigenvalue weighted by Gasteiger charge is 2.30. The van der Waals surface area contributed by atoms with E-state index in [1.54, 1.807) is 0 Å². The van der Waals surface area contributed by atoms with Gasteiger partial charge in [-0.1, -0.05) is 15.9 Å². The quantitative estimate of drug-likeness (QED) is 0.680. The molecule has 0 aliphatic heterocycles. The summed E-state index contributed by atoms with van der Waals surface area (Å²) < 4.78 is 0. The van der Waals surface area contributed by atoms with Crippen LogP contribution in [-0.2, 0) is 4.79 Å². The SMILES string of the molecule is CC(=O)Nc1cnc(C(=O)CBr)c(C2CC2)n1. The number of carbonyl (C=O) groups excluding carboxylic acids is 2. The Kier molecular flexibility index (Phi) is 3.51. The topological polar surface area (TPSA) is 72.0 Å². The molecule has 1 saturated carbocycles. The third-order valence-electron chi connectivity index (χ3n) is 2.45. The number of carbonyl (C=O) groups is 2. The van der Waals surface area contributed by atoms with E-state index in [0.29, 0.717) is 23.1 Å². The van der Waals surface area contributed by atoms with Gasteiger partial charge in [0.2, 0.25) is 5.91 Å². The molecule has 1 fully saturated rings. The van der Waals surface area contributed by atoms with Crippen molar-refractivity contribution < 1.29 is 9.59 Å². The van der Waals surface area contributed by atoms with E-state index in [9.17, 15) is 9.59 Å². The van der Waals surface area contributed by atoms with Crippen LogP contribution in [0.15, 0.2) is 6.20 Å². The lowest BCUT2D eigenvalue weighted by atomic mass is 10.1. The van der Waals surface area contributed by atoms with Gasteiger partial charge in [0, 0.05) is 12.8 Å². The molecule has 6 heteroatoms. The summed E-state index contributed by atoms with van der Waals surface area (Å²) in [7, 11) is 0. The van der Waals surface area contributed by atoms with Crippen molar-refractivity contribution in [3.05, 3.63) is 17.6 Å². The van der Waals surface area contributed by atoms with Crippen LogP contribution in [0.5, 0.6) is 0 Å². The van der Waals surface area contributed by atoms with Crippen LogP contribution in [0.4, 0.5) is 5.82 Å². The average molecular weight is 298 g/mol. The maximum Gasteiger partial charge on any atom is 0.222 e. The molecule has 0 unspecified atom stereocenters. The Morgan fingerprint density at radius 3 is 2.76 bits per heavy atom. The molecule has 2 rings (SSSR count). The van der Waals surface area contributed by atoms with E-state index in [1.807, 2.05) is 0 Å². The zero-order chi connectivity index (χ0) is 12.4. The lowest BCUT2D eigenvalue weighted by Crippen LogP contribution is -2.13. The number of alkyl halides is 1. The fourth-order valence-corrected chi connectivity index (χ4v) is 1.83. The van der Waals surface area contributed by atoms with Crippen LogP contribution in [0.3, 0.4) is 0 Å². The van der Waals surface area contributed by atoms with E-state index in [4.69, 9.17) is 0 Å². The number of nitrogens with zero attached hydrogens (tertiary/aromatic N) is 2. The fourth-order valence-electron chi connectivity index (χ4n) is 1.56. The van der Waals surface area contributed by atoms with Gasteiger partial charge in [0.15, 0.2) is 11.6 Å². The Morgan fingerprint density at radius 1 is 1.53 bits per heavy atom. The van der Waals surface area contributed by atoms with E-state index in [0.717, 1.165) is 12.8 Å². The molecule has 1 aliphatic carbocycles. The van der Waals surface area contributed by atoms with Crippen molar-refractivity contribution in [2.75, 3.05) is 10.6 Å². The second-order valence-corrected chi connectivity index (χ2v) is 4.56. The molecule has 0 bridgehead atoms. The van der Waals surface area contributed by atoms with Crippen molar-refractivity contribution in [2.45, 2.75) is 25.7 Å². The highest BCUT2D eigenvalue weighted by Crippen LogP contribution is 2.40. The van der Waals surface area contributed by atoms with E-state index in [-0.39, 0.29) is 17.0 Å². The first-order valence-electron chi connectivity index (χ1n) is 5.35. The van der Waals surface area contributed by atoms with Crippen molar-refractivity contribution >= 4 is 33.4 Å². The average Bonchev–Trinajstić information content (AvgIpc) is 3.11. The van der Waals surface area contributed by atoms with Gasteiger partial charge in [0.25, 0.3) is 0 Å². The molecule has 1 heterocycles. The number of anilines is 1. The van der Waals surface area contributed by atoms with Crippen LogP contribution in [0, 0.1) is 0 Å². The molecule has 0 saturated heterocycles. The van der Waals surface area contributed by atoms with Crippen molar-refractivity contribution in [1.29, 1.82) is 0 Å². The zero-order valence-electron chi connectivity index (χ0n) is 9.36. The molecule has 5 nitrogen and oxygen atoms in total. The van der Waals surface area contributed by atoms with Gasteiger partial charge in [-0.15, -0.1) is 0 Å². The van der Waals surface area contributed by atoms with Crippen LogP contribution in [0.2, 0.25) is 0 Å². The van der Waals surface area contributed by atoms with Gasteiger partial charge < -0.3 is 5.32 Å². The van der Waals surface area contributed by atoms with Gasteiger partial charge in [-0.05, 0) is 12.8 Å². The molecular weight excluding hydrogens is 286 g/mol. The standard InChI is InChI=1S/C11H12BrN3O2/c1-6(16)14-9-5-13-11(8(17)4-12)10(15-9)7-2-3-7/h5,7H,2-4H2,1H3,(H,14,15,16). The normalized spacial score (nSPS) is 14.5. The van der Waals surface area contributed by atoms with Crippen LogP contribution in [-0.4, -0.2) is 27.0 Å². The number of aromatic nitrogens is 2. The first kappa shape index (κ1) is 12.2. The number of Topliss-reactive ketones (excluding diaryl/α,β-unsaturated/α-hetero) is 1. The summed E-state index contributed by atoms with van der Waals surface area (Å²) in [4.78, 5) is 31.0. The third kappa shape index (κ3) is 2.88. The fraction of sp³-hybridized carbons (Fsp3) is 0.455. The minimum atomic E-state index is -0.194. The summed E-state index contributed by atoms with van der Waals surface area (Å²) >= 11 is 3.13. The monoisotopic (exact) mass is 297 g/mol. The van der Waals surface area contributed by atoms with E-state index < -0.39 is 0 Å². The number of rotatable bonds is 4. The smallest absolute Gasteiger partial charge is 0.222 e. The molecule has 1 N–H and O–H groups in total. The Labute approximate surface area is 107 Å². The van der Waals surface area contributed by atoms with Crippen LogP contribution < -0.4 is 5.32 Å². The summed E-state index contributed by atoms with van der Waals surface area (Å²) in [6.07, 6.45) is 3.48. The largest absolute Gasteiger partial charge is 0.310 e. The van der Waals surface area contributed by atoms with E-state index in [2.05, 4.69) is 31.2 Å². The lowest BCUT2D eigenvalue weighted by Gasteiger charge is -2.07. The minimum Gasteiger partial charge on any atom is -0.310 e. The molecule has 1 aliphatic rings. The Bertz CT molecular complexity index is 472. The number of hydrogen-bond acceptors (Lipinski definition) is 4. The molecule has 1 amide bonds. The second kappa shape index (κ2) is 4.91. The van der Waals surface area contributed by atoms with Crippen molar-refractivity contribution in [2.24, 2.45) is 0 Å². The lowest BCUT2D eigenvalue weighted by molar-refractivity contribution is -0.114. The van der Waals surface area contributed by atoms with Gasteiger partial charge in [-0.25, -0.2) is 9.97 Å². The summed E-state index contributed by atoms with van der Waals surface area (Å²) in [6, 6.07) is 0. The molecule has 17 heavy (non-hydrogen) atoms. The van der Waals surface area contributed by atoms with Crippen LogP contribution >= 0.6 is 15.9 Å². The zero-order valence-corrected chi connectivity index (χ0v) is 11.0. The summed E-state index contributed by atoms with van der Waals surface area (Å²) in [5, 5.41) is 2.81. The Hall–Kier alpha value is -1.30. The highest BCUT2D eigenvalue weighted by molar-refractivity contribution is 9.09. The molecule has 0 aromatic carbocycles. The predicted octanol–water partition coefficient (Wildman–Crippen LogP) is 1.89. The van der Waals surface area contributed by atoms with Crippen molar-refractivity contribution in [3.8, 4) is 0 Å². The maximum atomic E-state index is 11.7. The van der Waals surface area contributed by atoms with Crippen LogP contribution in [0.1, 0.15) is 41.9 Å². The second-order valence-electron chi connectivity index (χ2n) is 4.00. The first-order chi connectivity index (χ1) is 8.11.